The lowest BCUT2D eigenvalue weighted by atomic mass is 9.96. The number of nitrogens with zero attached hydrogens (tertiary/aromatic N) is 2. The Hall–Kier alpha value is -5.35. The number of carbonyl (C=O) groups excluding carboxylic acids is 7. The van der Waals surface area contributed by atoms with Gasteiger partial charge >= 0.3 is 0 Å². The first-order valence-electron chi connectivity index (χ1n) is 19.8. The van der Waals surface area contributed by atoms with Gasteiger partial charge in [0.15, 0.2) is 0 Å². The third-order valence-corrected chi connectivity index (χ3v) is 11.1. The van der Waals surface area contributed by atoms with E-state index in [4.69, 9.17) is 0 Å². The van der Waals surface area contributed by atoms with Crippen LogP contribution >= 0.6 is 0 Å². The number of rotatable bonds is 8. The molecule has 16 heteroatoms. The zero-order valence-electron chi connectivity index (χ0n) is 32.7. The summed E-state index contributed by atoms with van der Waals surface area (Å²) in [4.78, 5) is 101. The molecule has 2 unspecified atom stereocenters. The Morgan fingerprint density at radius 2 is 1.04 bits per heavy atom. The number of aliphatic hydroxyl groups excluding tert-OH is 2. The highest BCUT2D eigenvalue weighted by molar-refractivity contribution is 5.99. The Morgan fingerprint density at radius 3 is 1.53 bits per heavy atom. The van der Waals surface area contributed by atoms with Gasteiger partial charge in [0.25, 0.3) is 0 Å². The largest absolute Gasteiger partial charge is 0.394 e. The Kier molecular flexibility index (Phi) is 14.8. The molecule has 9 atom stereocenters. The van der Waals surface area contributed by atoms with Crippen molar-refractivity contribution in [1.82, 2.24) is 36.4 Å². The van der Waals surface area contributed by atoms with Crippen LogP contribution in [0.1, 0.15) is 64.0 Å². The molecule has 3 fully saturated rings. The summed E-state index contributed by atoms with van der Waals surface area (Å²) in [5.41, 5.74) is 1.40. The highest BCUT2D eigenvalue weighted by atomic mass is 16.3. The number of carbonyl (C=O) groups is 7. The second-order valence-electron chi connectivity index (χ2n) is 15.2. The van der Waals surface area contributed by atoms with E-state index in [-0.39, 0.29) is 38.8 Å². The lowest BCUT2D eigenvalue weighted by Gasteiger charge is -2.33. The van der Waals surface area contributed by atoms with E-state index in [0.717, 1.165) is 5.56 Å². The van der Waals surface area contributed by atoms with E-state index in [1.807, 2.05) is 13.0 Å². The minimum Gasteiger partial charge on any atom is -0.394 e. The highest BCUT2D eigenvalue weighted by Crippen LogP contribution is 2.23. The topological polar surface area (TPSA) is 227 Å². The molecule has 7 N–H and O–H groups in total. The lowest BCUT2D eigenvalue weighted by Crippen LogP contribution is -2.61. The average Bonchev–Trinajstić information content (AvgIpc) is 3.91. The van der Waals surface area contributed by atoms with E-state index < -0.39 is 102 Å². The van der Waals surface area contributed by atoms with Crippen LogP contribution in [0.5, 0.6) is 0 Å². The molecule has 7 amide bonds. The summed E-state index contributed by atoms with van der Waals surface area (Å²) < 4.78 is 0. The van der Waals surface area contributed by atoms with Gasteiger partial charge in [0.1, 0.15) is 42.3 Å². The molecule has 2 aromatic rings. The van der Waals surface area contributed by atoms with Crippen LogP contribution in [0.2, 0.25) is 0 Å². The van der Waals surface area contributed by atoms with E-state index in [1.165, 1.54) is 16.7 Å². The minimum atomic E-state index is -1.49. The highest BCUT2D eigenvalue weighted by Gasteiger charge is 2.44. The standard InChI is InChI=1S/C41H55N7O9/c1-4-24(2)33-39(55)43-28(21-26-13-7-5-8-14-26)35(51)44-30(23-49)40(56)47-19-11-18-32(47)38(54)46-34(25(3)50)41(57)48-20-12-17-31(48)37(53)42-29(36(52)45-33)22-27-15-9-6-10-16-27/h5-10,13-16,24-25,28-34,49-50H,4,11-12,17-23H2,1-3H3,(H,42,53)(H,43,55)(H,44,51)(H,45,52)(H,46,54)/t24?,25?,28-,29-,30-,31-,32-,33-,34+/m0/s1. The summed E-state index contributed by atoms with van der Waals surface area (Å²) in [6, 6.07) is 9.16. The predicted molar refractivity (Wildman–Crippen MR) is 208 cm³/mol. The zero-order valence-corrected chi connectivity index (χ0v) is 32.7. The van der Waals surface area contributed by atoms with Crippen LogP contribution in [0.25, 0.3) is 0 Å². The van der Waals surface area contributed by atoms with Crippen LogP contribution < -0.4 is 26.6 Å². The Labute approximate surface area is 332 Å². The van der Waals surface area contributed by atoms with Crippen molar-refractivity contribution in [1.29, 1.82) is 0 Å². The summed E-state index contributed by atoms with van der Waals surface area (Å²) in [7, 11) is 0. The molecule has 0 radical (unpaired) electrons. The molecular weight excluding hydrogens is 734 g/mol. The monoisotopic (exact) mass is 789 g/mol. The molecule has 2 aromatic carbocycles. The Balaban J connectivity index is 1.55. The van der Waals surface area contributed by atoms with Crippen LogP contribution in [0.15, 0.2) is 60.7 Å². The molecule has 308 valence electrons. The van der Waals surface area contributed by atoms with Gasteiger partial charge in [-0.1, -0.05) is 80.9 Å². The summed E-state index contributed by atoms with van der Waals surface area (Å²) in [5, 5.41) is 34.7. The number of benzene rings is 2. The number of aliphatic hydroxyl groups is 2. The zero-order chi connectivity index (χ0) is 41.2. The van der Waals surface area contributed by atoms with Gasteiger partial charge in [-0.05, 0) is 49.7 Å². The molecule has 3 saturated heterocycles. The third kappa shape index (κ3) is 10.5. The van der Waals surface area contributed by atoms with Gasteiger partial charge in [0.2, 0.25) is 41.4 Å². The number of nitrogens with one attached hydrogen (secondary N) is 5. The fourth-order valence-corrected chi connectivity index (χ4v) is 7.68. The first-order valence-corrected chi connectivity index (χ1v) is 19.8. The molecule has 0 aliphatic carbocycles. The summed E-state index contributed by atoms with van der Waals surface area (Å²) >= 11 is 0. The summed E-state index contributed by atoms with van der Waals surface area (Å²) in [6.07, 6.45) is 0.449. The molecule has 0 spiro atoms. The van der Waals surface area contributed by atoms with Crippen LogP contribution in [-0.2, 0) is 46.4 Å². The Morgan fingerprint density at radius 1 is 0.596 bits per heavy atom. The van der Waals surface area contributed by atoms with Crippen molar-refractivity contribution in [3.63, 3.8) is 0 Å². The van der Waals surface area contributed by atoms with Gasteiger partial charge in [-0.2, -0.15) is 0 Å². The van der Waals surface area contributed by atoms with Gasteiger partial charge < -0.3 is 46.6 Å². The minimum absolute atomic E-state index is 0.00000909. The predicted octanol–water partition coefficient (Wildman–Crippen LogP) is -0.689. The van der Waals surface area contributed by atoms with Crippen molar-refractivity contribution in [2.45, 2.75) is 114 Å². The fourth-order valence-electron chi connectivity index (χ4n) is 7.68. The third-order valence-electron chi connectivity index (χ3n) is 11.1. The summed E-state index contributed by atoms with van der Waals surface area (Å²) in [6.45, 7) is 4.40. The van der Waals surface area contributed by atoms with Crippen molar-refractivity contribution < 1.29 is 43.8 Å². The molecule has 3 aliphatic heterocycles. The molecule has 57 heavy (non-hydrogen) atoms. The average molecular weight is 790 g/mol. The molecular formula is C41H55N7O9. The first kappa shape index (κ1) is 42.8. The summed E-state index contributed by atoms with van der Waals surface area (Å²) in [5.74, 6) is -5.36. The number of fused-ring (bicyclic) bond motifs is 2. The van der Waals surface area contributed by atoms with Crippen LogP contribution in [-0.4, -0.2) is 129 Å². The van der Waals surface area contributed by atoms with E-state index >= 15 is 0 Å². The maximum absolute atomic E-state index is 14.2. The molecule has 0 bridgehead atoms. The lowest BCUT2D eigenvalue weighted by molar-refractivity contribution is -0.146. The van der Waals surface area contributed by atoms with E-state index in [9.17, 15) is 43.8 Å². The van der Waals surface area contributed by atoms with Gasteiger partial charge in [-0.15, -0.1) is 0 Å². The SMILES string of the molecule is CCC(C)[C@@H]1NC(=O)[C@H](Cc2ccccc2)NC(=O)[C@@H]2CCCN2C(=O)[C@@H](C(C)O)NC(=O)[C@@H]2CCCN2C(=O)[C@H](CO)NC(=O)[C@H](Cc2ccccc2)NC1=O. The van der Waals surface area contributed by atoms with Crippen molar-refractivity contribution in [2.75, 3.05) is 19.7 Å². The molecule has 0 aromatic heterocycles. The van der Waals surface area contributed by atoms with Crippen LogP contribution in [0.3, 0.4) is 0 Å². The van der Waals surface area contributed by atoms with Gasteiger partial charge in [-0.3, -0.25) is 33.6 Å². The second kappa shape index (κ2) is 19.7. The van der Waals surface area contributed by atoms with Crippen molar-refractivity contribution in [3.8, 4) is 0 Å². The maximum atomic E-state index is 14.2. The quantitative estimate of drug-likeness (QED) is 0.180. The van der Waals surface area contributed by atoms with Crippen LogP contribution in [0.4, 0.5) is 0 Å². The number of hydrogen-bond acceptors (Lipinski definition) is 9. The van der Waals surface area contributed by atoms with Crippen molar-refractivity contribution >= 4 is 41.4 Å². The molecule has 3 aliphatic rings. The number of amides is 7. The molecule has 16 nitrogen and oxygen atoms in total. The van der Waals surface area contributed by atoms with Gasteiger partial charge in [0, 0.05) is 25.9 Å². The molecule has 5 rings (SSSR count). The number of hydrogen-bond donors (Lipinski definition) is 7. The Bertz CT molecular complexity index is 1760. The van der Waals surface area contributed by atoms with Crippen LogP contribution in [0, 0.1) is 5.92 Å². The normalized spacial score (nSPS) is 28.2. The first-order chi connectivity index (χ1) is 27.3. The smallest absolute Gasteiger partial charge is 0.248 e. The van der Waals surface area contributed by atoms with Gasteiger partial charge in [0.05, 0.1) is 12.7 Å². The van der Waals surface area contributed by atoms with Crippen molar-refractivity contribution in [2.24, 2.45) is 5.92 Å². The van der Waals surface area contributed by atoms with Gasteiger partial charge in [-0.25, -0.2) is 0 Å². The molecule has 3 heterocycles. The van der Waals surface area contributed by atoms with E-state index in [2.05, 4.69) is 26.6 Å². The van der Waals surface area contributed by atoms with E-state index in [1.54, 1.807) is 61.5 Å². The molecule has 0 saturated carbocycles. The van der Waals surface area contributed by atoms with E-state index in [0.29, 0.717) is 24.8 Å². The fraction of sp³-hybridized carbons (Fsp3) is 0.537. The maximum Gasteiger partial charge on any atom is 0.248 e. The van der Waals surface area contributed by atoms with Crippen molar-refractivity contribution in [3.05, 3.63) is 71.8 Å². The second-order valence-corrected chi connectivity index (χ2v) is 15.2.